The lowest BCUT2D eigenvalue weighted by Gasteiger charge is -2.32. The van der Waals surface area contributed by atoms with Gasteiger partial charge in [-0.15, -0.1) is 0 Å². The predicted molar refractivity (Wildman–Crippen MR) is 113 cm³/mol. The molecule has 0 spiro atoms. The van der Waals surface area contributed by atoms with E-state index in [9.17, 15) is 4.79 Å². The fourth-order valence-corrected chi connectivity index (χ4v) is 4.05. The van der Waals surface area contributed by atoms with Gasteiger partial charge in [-0.3, -0.25) is 4.79 Å². The van der Waals surface area contributed by atoms with Gasteiger partial charge in [-0.2, -0.15) is 0 Å². The molecular formula is C22H27N5O2. The number of carbonyl (C=O) groups is 1. The number of nitrogens with zero attached hydrogens (tertiary/aromatic N) is 4. The Morgan fingerprint density at radius 2 is 1.97 bits per heavy atom. The highest BCUT2D eigenvalue weighted by Gasteiger charge is 2.21. The molecule has 29 heavy (non-hydrogen) atoms. The molecule has 0 unspecified atom stereocenters. The zero-order chi connectivity index (χ0) is 20.2. The van der Waals surface area contributed by atoms with E-state index in [1.54, 1.807) is 0 Å². The largest absolute Gasteiger partial charge is 0.388 e. The number of fused-ring (bicyclic) bond motifs is 1. The maximum Gasteiger partial charge on any atom is 0.225 e. The summed E-state index contributed by atoms with van der Waals surface area (Å²) in [7, 11) is 2.09. The first-order valence-electron chi connectivity index (χ1n) is 10.1. The van der Waals surface area contributed by atoms with Crippen LogP contribution in [-0.2, 0) is 13.6 Å². The second-order valence-corrected chi connectivity index (χ2v) is 7.70. The van der Waals surface area contributed by atoms with Gasteiger partial charge < -0.3 is 19.9 Å². The number of piperidine rings is 1. The van der Waals surface area contributed by atoms with Gasteiger partial charge in [0.1, 0.15) is 6.61 Å². The van der Waals surface area contributed by atoms with E-state index in [-0.39, 0.29) is 5.78 Å². The summed E-state index contributed by atoms with van der Waals surface area (Å²) < 4.78 is 2.18. The number of para-hydroxylation sites is 1. The summed E-state index contributed by atoms with van der Waals surface area (Å²) in [5.41, 5.74) is 2.98. The molecule has 1 fully saturated rings. The molecule has 1 aromatic carbocycles. The number of hydrogen-bond donors (Lipinski definition) is 2. The second kappa shape index (κ2) is 8.71. The van der Waals surface area contributed by atoms with Crippen LogP contribution in [0.5, 0.6) is 0 Å². The number of benzene rings is 1. The minimum absolute atomic E-state index is 0.351. The van der Waals surface area contributed by atoms with Crippen LogP contribution in [0.15, 0.2) is 42.9 Å². The highest BCUT2D eigenvalue weighted by molar-refractivity contribution is 5.96. The monoisotopic (exact) mass is 393 g/mol. The molecule has 0 atom stereocenters. The molecule has 2 aromatic heterocycles. The van der Waals surface area contributed by atoms with Crippen LogP contribution in [0.1, 0.15) is 28.8 Å². The van der Waals surface area contributed by atoms with Crippen molar-refractivity contribution in [2.45, 2.75) is 19.4 Å². The van der Waals surface area contributed by atoms with Crippen molar-refractivity contribution in [3.8, 4) is 0 Å². The highest BCUT2D eigenvalue weighted by Crippen LogP contribution is 2.22. The lowest BCUT2D eigenvalue weighted by Crippen LogP contribution is -2.38. The quantitative estimate of drug-likeness (QED) is 0.599. The Morgan fingerprint density at radius 3 is 2.69 bits per heavy atom. The second-order valence-electron chi connectivity index (χ2n) is 7.70. The van der Waals surface area contributed by atoms with Gasteiger partial charge in [0.2, 0.25) is 5.95 Å². The third kappa shape index (κ3) is 4.31. The molecule has 152 valence electrons. The number of anilines is 1. The van der Waals surface area contributed by atoms with E-state index >= 15 is 0 Å². The molecule has 1 saturated heterocycles. The first-order chi connectivity index (χ1) is 14.2. The van der Waals surface area contributed by atoms with Gasteiger partial charge in [0.25, 0.3) is 0 Å². The molecule has 3 aromatic rings. The number of ketones is 1. The maximum absolute atomic E-state index is 11.5. The Morgan fingerprint density at radius 1 is 1.21 bits per heavy atom. The third-order valence-electron chi connectivity index (χ3n) is 5.73. The van der Waals surface area contributed by atoms with Crippen molar-refractivity contribution in [3.63, 3.8) is 0 Å². The van der Waals surface area contributed by atoms with E-state index in [0.717, 1.165) is 39.0 Å². The van der Waals surface area contributed by atoms with Gasteiger partial charge in [-0.05, 0) is 42.3 Å². The van der Waals surface area contributed by atoms with E-state index in [1.807, 2.05) is 0 Å². The molecule has 1 aliphatic rings. The molecule has 1 aliphatic heterocycles. The molecule has 7 heteroatoms. The Kier molecular flexibility index (Phi) is 5.87. The molecule has 0 bridgehead atoms. The number of rotatable bonds is 7. The Labute approximate surface area is 170 Å². The van der Waals surface area contributed by atoms with Crippen molar-refractivity contribution < 1.29 is 9.90 Å². The van der Waals surface area contributed by atoms with Crippen LogP contribution < -0.4 is 10.2 Å². The summed E-state index contributed by atoms with van der Waals surface area (Å²) in [6.07, 6.45) is 7.28. The van der Waals surface area contributed by atoms with Crippen LogP contribution >= 0.6 is 0 Å². The molecular weight excluding hydrogens is 366 g/mol. The number of nitrogens with one attached hydrogen (secondary N) is 1. The minimum atomic E-state index is -0.514. The number of hydrogen-bond acceptors (Lipinski definition) is 6. The molecule has 0 radical (unpaired) electrons. The average molecular weight is 393 g/mol. The number of carbonyl (C=O) groups excluding carboxylic acids is 1. The fraction of sp³-hybridized carbons (Fsp3) is 0.409. The van der Waals surface area contributed by atoms with Crippen LogP contribution in [0.3, 0.4) is 0 Å². The standard InChI is InChI=1S/C22H27N5O2/c1-26-8-7-17-3-2-4-18(21(17)26)12-23-11-16-5-9-27(10-6-16)22-24-13-19(14-25-22)20(29)15-28/h2-4,7-8,13-14,16,23,28H,5-6,9-12,15H2,1H3. The Bertz CT molecular complexity index is 975. The van der Waals surface area contributed by atoms with Crippen LogP contribution in [0, 0.1) is 5.92 Å². The molecule has 4 rings (SSSR count). The summed E-state index contributed by atoms with van der Waals surface area (Å²) in [6, 6.07) is 8.63. The van der Waals surface area contributed by atoms with Gasteiger partial charge >= 0.3 is 0 Å². The number of aliphatic hydroxyl groups is 1. The molecule has 0 saturated carbocycles. The lowest BCUT2D eigenvalue weighted by molar-refractivity contribution is 0.0903. The molecule has 0 amide bonds. The zero-order valence-corrected chi connectivity index (χ0v) is 16.7. The van der Waals surface area contributed by atoms with E-state index in [4.69, 9.17) is 5.11 Å². The van der Waals surface area contributed by atoms with E-state index in [2.05, 4.69) is 62.3 Å². The van der Waals surface area contributed by atoms with E-state index in [0.29, 0.717) is 17.4 Å². The van der Waals surface area contributed by atoms with Gasteiger partial charge in [0, 0.05) is 45.3 Å². The SMILES string of the molecule is Cn1ccc2cccc(CNCC3CCN(c4ncc(C(=O)CO)cn4)CC3)c21. The van der Waals surface area contributed by atoms with Crippen LogP contribution in [0.4, 0.5) is 5.95 Å². The van der Waals surface area contributed by atoms with Crippen LogP contribution in [-0.4, -0.2) is 51.7 Å². The van der Waals surface area contributed by atoms with Crippen molar-refractivity contribution in [3.05, 3.63) is 54.0 Å². The topological polar surface area (TPSA) is 83.3 Å². The number of aromatic nitrogens is 3. The van der Waals surface area contributed by atoms with Crippen molar-refractivity contribution in [1.82, 2.24) is 19.9 Å². The lowest BCUT2D eigenvalue weighted by atomic mass is 9.97. The summed E-state index contributed by atoms with van der Waals surface area (Å²) in [5.74, 6) is 0.933. The number of aliphatic hydroxyl groups excluding tert-OH is 1. The molecule has 2 N–H and O–H groups in total. The summed E-state index contributed by atoms with van der Waals surface area (Å²) >= 11 is 0. The van der Waals surface area contributed by atoms with Crippen LogP contribution in [0.2, 0.25) is 0 Å². The summed E-state index contributed by atoms with van der Waals surface area (Å²) in [4.78, 5) is 22.2. The predicted octanol–water partition coefficient (Wildman–Crippen LogP) is 2.15. The van der Waals surface area contributed by atoms with E-state index < -0.39 is 6.61 Å². The van der Waals surface area contributed by atoms with Crippen molar-refractivity contribution in [2.75, 3.05) is 31.1 Å². The Balaban J connectivity index is 1.27. The smallest absolute Gasteiger partial charge is 0.225 e. The average Bonchev–Trinajstić information content (AvgIpc) is 3.15. The summed E-state index contributed by atoms with van der Waals surface area (Å²) in [6.45, 7) is 3.18. The normalized spacial score (nSPS) is 15.2. The minimum Gasteiger partial charge on any atom is -0.388 e. The fourth-order valence-electron chi connectivity index (χ4n) is 4.05. The van der Waals surface area contributed by atoms with Gasteiger partial charge in [0.05, 0.1) is 11.1 Å². The van der Waals surface area contributed by atoms with E-state index in [1.165, 1.54) is 28.9 Å². The summed E-state index contributed by atoms with van der Waals surface area (Å²) in [5, 5.41) is 13.8. The Hall–Kier alpha value is -2.77. The first kappa shape index (κ1) is 19.5. The van der Waals surface area contributed by atoms with Crippen molar-refractivity contribution >= 4 is 22.6 Å². The van der Waals surface area contributed by atoms with Gasteiger partial charge in [0.15, 0.2) is 5.78 Å². The van der Waals surface area contributed by atoms with Gasteiger partial charge in [-0.1, -0.05) is 18.2 Å². The number of Topliss-reactive ketones (excluding diaryl/α,β-unsaturated/α-hetero) is 1. The highest BCUT2D eigenvalue weighted by atomic mass is 16.3. The third-order valence-corrected chi connectivity index (χ3v) is 5.73. The number of aryl methyl sites for hydroxylation is 1. The van der Waals surface area contributed by atoms with Crippen molar-refractivity contribution in [2.24, 2.45) is 13.0 Å². The maximum atomic E-state index is 11.5. The zero-order valence-electron chi connectivity index (χ0n) is 16.7. The molecule has 7 nitrogen and oxygen atoms in total. The first-order valence-corrected chi connectivity index (χ1v) is 10.1. The molecule has 3 heterocycles. The van der Waals surface area contributed by atoms with Crippen molar-refractivity contribution in [1.29, 1.82) is 0 Å². The molecule has 0 aliphatic carbocycles. The van der Waals surface area contributed by atoms with Crippen LogP contribution in [0.25, 0.3) is 10.9 Å². The van der Waals surface area contributed by atoms with Gasteiger partial charge in [-0.25, -0.2) is 9.97 Å².